The van der Waals surface area contributed by atoms with E-state index < -0.39 is 8.80 Å². The van der Waals surface area contributed by atoms with Crippen molar-refractivity contribution in [2.45, 2.75) is 0 Å². The molecule has 3 nitrogen and oxygen atoms in total. The second kappa shape index (κ2) is 7.85. The topological polar surface area (TPSA) is 27.7 Å². The van der Waals surface area contributed by atoms with Gasteiger partial charge in [0.05, 0.1) is 0 Å². The van der Waals surface area contributed by atoms with E-state index in [0.29, 0.717) is 0 Å². The lowest BCUT2D eigenvalue weighted by atomic mass is 10.1. The lowest BCUT2D eigenvalue weighted by Gasteiger charge is -2.24. The van der Waals surface area contributed by atoms with E-state index in [4.69, 9.17) is 13.3 Å². The van der Waals surface area contributed by atoms with E-state index in [2.05, 4.69) is 40.2 Å². The van der Waals surface area contributed by atoms with E-state index in [1.165, 1.54) is 0 Å². The van der Waals surface area contributed by atoms with Crippen LogP contribution in [0.5, 0.6) is 0 Å². The van der Waals surface area contributed by atoms with Crippen molar-refractivity contribution in [3.63, 3.8) is 0 Å². The fourth-order valence-electron chi connectivity index (χ4n) is 2.17. The molecule has 0 aliphatic heterocycles. The van der Waals surface area contributed by atoms with Crippen molar-refractivity contribution in [1.29, 1.82) is 0 Å². The SMILES string of the molecule is CO[Si](OC)(OC)c1ccc(/C=C/c2ccc(Br)cc2)cc1. The van der Waals surface area contributed by atoms with Gasteiger partial charge in [-0.3, -0.25) is 0 Å². The summed E-state index contributed by atoms with van der Waals surface area (Å²) in [6.45, 7) is 0. The van der Waals surface area contributed by atoms with Gasteiger partial charge in [0, 0.05) is 31.0 Å². The molecule has 0 heterocycles. The molecule has 0 radical (unpaired) electrons. The van der Waals surface area contributed by atoms with Crippen molar-refractivity contribution in [2.75, 3.05) is 21.3 Å². The highest BCUT2D eigenvalue weighted by Gasteiger charge is 2.40. The lowest BCUT2D eigenvalue weighted by molar-refractivity contribution is 0.140. The average molecular weight is 379 g/mol. The van der Waals surface area contributed by atoms with Gasteiger partial charge < -0.3 is 13.3 Å². The molecule has 0 saturated heterocycles. The van der Waals surface area contributed by atoms with Gasteiger partial charge in [0.2, 0.25) is 0 Å². The van der Waals surface area contributed by atoms with Gasteiger partial charge in [-0.2, -0.15) is 0 Å². The fourth-order valence-corrected chi connectivity index (χ4v) is 4.21. The van der Waals surface area contributed by atoms with Gasteiger partial charge in [0.25, 0.3) is 0 Å². The summed E-state index contributed by atoms with van der Waals surface area (Å²) < 4.78 is 17.5. The molecular weight excluding hydrogens is 360 g/mol. The van der Waals surface area contributed by atoms with Crippen LogP contribution in [0.15, 0.2) is 53.0 Å². The molecule has 0 aliphatic carbocycles. The minimum absolute atomic E-state index is 0.945. The number of hydrogen-bond acceptors (Lipinski definition) is 3. The first kappa shape index (κ1) is 17.1. The normalized spacial score (nSPS) is 12.0. The Morgan fingerprint density at radius 3 is 1.55 bits per heavy atom. The molecule has 0 amide bonds. The molecule has 2 aromatic carbocycles. The number of benzene rings is 2. The third-order valence-corrected chi connectivity index (χ3v) is 6.59. The summed E-state index contributed by atoms with van der Waals surface area (Å²) in [4.78, 5) is 0. The molecule has 0 atom stereocenters. The predicted octanol–water partition coefficient (Wildman–Crippen LogP) is 3.70. The van der Waals surface area contributed by atoms with Gasteiger partial charge in [0.1, 0.15) is 0 Å². The molecule has 0 aromatic heterocycles. The van der Waals surface area contributed by atoms with Crippen molar-refractivity contribution in [1.82, 2.24) is 0 Å². The first-order valence-electron chi connectivity index (χ1n) is 6.83. The van der Waals surface area contributed by atoms with Crippen LogP contribution in [-0.4, -0.2) is 30.1 Å². The van der Waals surface area contributed by atoms with Crippen LogP contribution >= 0.6 is 15.9 Å². The molecular formula is C17H19BrO3Si. The van der Waals surface area contributed by atoms with Crippen molar-refractivity contribution in [3.8, 4) is 0 Å². The molecule has 116 valence electrons. The summed E-state index contributed by atoms with van der Waals surface area (Å²) in [5.41, 5.74) is 2.26. The van der Waals surface area contributed by atoms with Crippen LogP contribution in [0.25, 0.3) is 12.2 Å². The predicted molar refractivity (Wildman–Crippen MR) is 95.9 cm³/mol. The molecule has 0 bridgehead atoms. The molecule has 0 aliphatic rings. The van der Waals surface area contributed by atoms with Crippen molar-refractivity contribution in [3.05, 3.63) is 64.1 Å². The van der Waals surface area contributed by atoms with Gasteiger partial charge >= 0.3 is 8.80 Å². The average Bonchev–Trinajstić information content (AvgIpc) is 2.57. The van der Waals surface area contributed by atoms with E-state index in [0.717, 1.165) is 20.8 Å². The van der Waals surface area contributed by atoms with E-state index >= 15 is 0 Å². The van der Waals surface area contributed by atoms with Crippen molar-refractivity contribution >= 4 is 42.1 Å². The van der Waals surface area contributed by atoms with Gasteiger partial charge in [-0.25, -0.2) is 0 Å². The Kier molecular flexibility index (Phi) is 6.11. The van der Waals surface area contributed by atoms with Crippen LogP contribution < -0.4 is 5.19 Å². The van der Waals surface area contributed by atoms with Crippen molar-refractivity contribution in [2.24, 2.45) is 0 Å². The Bertz CT molecular complexity index is 611. The third kappa shape index (κ3) is 3.94. The first-order valence-corrected chi connectivity index (χ1v) is 9.35. The zero-order valence-corrected chi connectivity index (χ0v) is 15.5. The van der Waals surface area contributed by atoms with Crippen LogP contribution in [0.3, 0.4) is 0 Å². The van der Waals surface area contributed by atoms with Crippen LogP contribution in [0.2, 0.25) is 0 Å². The van der Waals surface area contributed by atoms with E-state index in [1.807, 2.05) is 36.4 Å². The summed E-state index contributed by atoms with van der Waals surface area (Å²) in [7, 11) is 2.10. The summed E-state index contributed by atoms with van der Waals surface area (Å²) in [5.74, 6) is 0. The maximum atomic E-state index is 5.47. The highest BCUT2D eigenvalue weighted by atomic mass is 79.9. The highest BCUT2D eigenvalue weighted by Crippen LogP contribution is 2.14. The molecule has 0 N–H and O–H groups in total. The fraction of sp³-hybridized carbons (Fsp3) is 0.176. The lowest BCUT2D eigenvalue weighted by Crippen LogP contribution is -2.54. The Hall–Kier alpha value is -1.24. The van der Waals surface area contributed by atoms with Crippen LogP contribution in [0.4, 0.5) is 0 Å². The van der Waals surface area contributed by atoms with Gasteiger partial charge in [-0.1, -0.05) is 64.5 Å². The molecule has 0 fully saturated rings. The molecule has 2 aromatic rings. The minimum Gasteiger partial charge on any atom is -0.373 e. The molecule has 0 saturated carbocycles. The molecule has 0 spiro atoms. The van der Waals surface area contributed by atoms with Gasteiger partial charge in [0.15, 0.2) is 0 Å². The van der Waals surface area contributed by atoms with Crippen LogP contribution in [0.1, 0.15) is 11.1 Å². The monoisotopic (exact) mass is 378 g/mol. The van der Waals surface area contributed by atoms with E-state index in [1.54, 1.807) is 21.3 Å². The number of rotatable bonds is 6. The molecule has 0 unspecified atom stereocenters. The standard InChI is InChI=1S/C17H19BrO3Si/c1-19-22(20-2,21-3)17-12-8-15(9-13-17)5-4-14-6-10-16(18)11-7-14/h4-13H,1-3H3/b5-4+. The summed E-state index contributed by atoms with van der Waals surface area (Å²) in [6, 6.07) is 16.2. The molecule has 5 heteroatoms. The smallest absolute Gasteiger partial charge is 0.373 e. The zero-order chi connectivity index (χ0) is 16.0. The van der Waals surface area contributed by atoms with Gasteiger partial charge in [-0.15, -0.1) is 0 Å². The third-order valence-electron chi connectivity index (χ3n) is 3.41. The van der Waals surface area contributed by atoms with Gasteiger partial charge in [-0.05, 0) is 23.3 Å². The second-order valence-corrected chi connectivity index (χ2v) is 8.51. The quantitative estimate of drug-likeness (QED) is 0.566. The van der Waals surface area contributed by atoms with Crippen LogP contribution in [-0.2, 0) is 13.3 Å². The maximum absolute atomic E-state index is 5.47. The highest BCUT2D eigenvalue weighted by molar-refractivity contribution is 9.10. The van der Waals surface area contributed by atoms with E-state index in [9.17, 15) is 0 Å². The van der Waals surface area contributed by atoms with Crippen LogP contribution in [0, 0.1) is 0 Å². The Balaban J connectivity index is 2.16. The summed E-state index contributed by atoms with van der Waals surface area (Å²) in [6.07, 6.45) is 4.15. The Labute approximate surface area is 141 Å². The zero-order valence-electron chi connectivity index (χ0n) is 12.9. The number of halogens is 1. The first-order chi connectivity index (χ1) is 10.6. The number of hydrogen-bond donors (Lipinski definition) is 0. The Morgan fingerprint density at radius 2 is 1.14 bits per heavy atom. The molecule has 22 heavy (non-hydrogen) atoms. The minimum atomic E-state index is -2.74. The second-order valence-electron chi connectivity index (χ2n) is 4.68. The Morgan fingerprint density at radius 1 is 0.727 bits per heavy atom. The summed E-state index contributed by atoms with van der Waals surface area (Å²) in [5, 5.41) is 0.945. The largest absolute Gasteiger partial charge is 0.536 e. The summed E-state index contributed by atoms with van der Waals surface area (Å²) >= 11 is 3.43. The van der Waals surface area contributed by atoms with E-state index in [-0.39, 0.29) is 0 Å². The van der Waals surface area contributed by atoms with Crippen molar-refractivity contribution < 1.29 is 13.3 Å². The molecule has 2 rings (SSSR count). The maximum Gasteiger partial charge on any atom is 0.536 e.